The molecule has 0 N–H and O–H groups in total. The fraction of sp³-hybridized carbons (Fsp3) is 0.250. The predicted molar refractivity (Wildman–Crippen MR) is 89.9 cm³/mol. The van der Waals surface area contributed by atoms with E-state index in [0.29, 0.717) is 0 Å². The van der Waals surface area contributed by atoms with E-state index in [1.54, 1.807) is 6.07 Å². The lowest BCUT2D eigenvalue weighted by atomic mass is 10.0. The van der Waals surface area contributed by atoms with Gasteiger partial charge in [0.05, 0.1) is 10.8 Å². The van der Waals surface area contributed by atoms with Crippen molar-refractivity contribution in [2.75, 3.05) is 13.1 Å². The summed E-state index contributed by atoms with van der Waals surface area (Å²) >= 11 is 0. The number of hydrogen-bond acceptors (Lipinski definition) is 8. The molecular weight excluding hydrogens is 415 g/mol. The summed E-state index contributed by atoms with van der Waals surface area (Å²) in [5.74, 6) is -0.0653. The van der Waals surface area contributed by atoms with Gasteiger partial charge < -0.3 is 9.26 Å². The Morgan fingerprint density at radius 3 is 2.34 bits per heavy atom. The molecule has 0 radical (unpaired) electrons. The average molecular weight is 427 g/mol. The Kier molecular flexibility index (Phi) is 4.70. The quantitative estimate of drug-likeness (QED) is 0.609. The molecule has 3 heterocycles. The molecule has 29 heavy (non-hydrogen) atoms. The lowest BCUT2D eigenvalue weighted by molar-refractivity contribution is -0.274. The highest BCUT2D eigenvalue weighted by Gasteiger charge is 2.40. The van der Waals surface area contributed by atoms with Gasteiger partial charge >= 0.3 is 6.36 Å². The Hall–Kier alpha value is -3.06. The third-order valence-corrected chi connectivity index (χ3v) is 5.95. The fourth-order valence-electron chi connectivity index (χ4n) is 2.66. The molecule has 0 aliphatic carbocycles. The monoisotopic (exact) mass is 427 g/mol. The van der Waals surface area contributed by atoms with Gasteiger partial charge in [0.15, 0.2) is 0 Å². The summed E-state index contributed by atoms with van der Waals surface area (Å²) in [5, 5.41) is 3.79. The second-order valence-corrected chi connectivity index (χ2v) is 8.00. The molecule has 4 rings (SSSR count). The third kappa shape index (κ3) is 4.05. The van der Waals surface area contributed by atoms with Crippen molar-refractivity contribution in [2.45, 2.75) is 17.2 Å². The van der Waals surface area contributed by atoms with Gasteiger partial charge in [-0.2, -0.15) is 9.29 Å². The second-order valence-electron chi connectivity index (χ2n) is 6.07. The van der Waals surface area contributed by atoms with Gasteiger partial charge in [0.1, 0.15) is 5.75 Å². The van der Waals surface area contributed by atoms with Crippen LogP contribution >= 0.6 is 0 Å². The SMILES string of the molecule is O=S(=O)(c1ccc(OC(F)(F)F)cc1)N1CC(c2nc(-c3ncccn3)no2)C1. The van der Waals surface area contributed by atoms with Gasteiger partial charge in [-0.3, -0.25) is 0 Å². The smallest absolute Gasteiger partial charge is 0.406 e. The van der Waals surface area contributed by atoms with E-state index in [4.69, 9.17) is 4.52 Å². The van der Waals surface area contributed by atoms with Crippen LogP contribution < -0.4 is 4.74 Å². The zero-order valence-electron chi connectivity index (χ0n) is 14.4. The molecule has 0 spiro atoms. The van der Waals surface area contributed by atoms with Crippen molar-refractivity contribution in [3.63, 3.8) is 0 Å². The van der Waals surface area contributed by atoms with Crippen LogP contribution in [0.4, 0.5) is 13.2 Å². The normalized spacial score (nSPS) is 15.8. The number of rotatable bonds is 5. The molecule has 1 aliphatic heterocycles. The standard InChI is InChI=1S/C16H12F3N5O4S/c17-16(18,19)27-11-2-4-12(5-3-11)29(25,26)24-8-10(9-24)15-22-14(23-28-15)13-20-6-1-7-21-13/h1-7,10H,8-9H2. The molecule has 1 aliphatic rings. The predicted octanol–water partition coefficient (Wildman–Crippen LogP) is 2.21. The minimum Gasteiger partial charge on any atom is -0.406 e. The number of hydrogen-bond donors (Lipinski definition) is 0. The van der Waals surface area contributed by atoms with E-state index in [0.717, 1.165) is 24.3 Å². The van der Waals surface area contributed by atoms with Crippen LogP contribution in [0.2, 0.25) is 0 Å². The van der Waals surface area contributed by atoms with E-state index in [1.807, 2.05) is 0 Å². The van der Waals surface area contributed by atoms with Crippen molar-refractivity contribution in [2.24, 2.45) is 0 Å². The summed E-state index contributed by atoms with van der Waals surface area (Å²) in [7, 11) is -3.87. The van der Waals surface area contributed by atoms with E-state index in [1.165, 1.54) is 16.7 Å². The van der Waals surface area contributed by atoms with Crippen molar-refractivity contribution in [3.05, 3.63) is 48.6 Å². The zero-order valence-corrected chi connectivity index (χ0v) is 15.3. The van der Waals surface area contributed by atoms with E-state index >= 15 is 0 Å². The first kappa shape index (κ1) is 19.3. The maximum Gasteiger partial charge on any atom is 0.573 e. The molecule has 1 saturated heterocycles. The lowest BCUT2D eigenvalue weighted by Gasteiger charge is -2.35. The topological polar surface area (TPSA) is 111 Å². The summed E-state index contributed by atoms with van der Waals surface area (Å²) in [6, 6.07) is 5.65. The summed E-state index contributed by atoms with van der Waals surface area (Å²) in [4.78, 5) is 12.1. The zero-order chi connectivity index (χ0) is 20.6. The second kappa shape index (κ2) is 7.08. The molecule has 0 saturated carbocycles. The van der Waals surface area contributed by atoms with Crippen LogP contribution in [-0.2, 0) is 10.0 Å². The largest absolute Gasteiger partial charge is 0.573 e. The number of nitrogens with zero attached hydrogens (tertiary/aromatic N) is 5. The van der Waals surface area contributed by atoms with Gasteiger partial charge in [-0.15, -0.1) is 13.2 Å². The van der Waals surface area contributed by atoms with Gasteiger partial charge in [0.2, 0.25) is 27.6 Å². The summed E-state index contributed by atoms with van der Waals surface area (Å²) < 4.78 is 71.9. The van der Waals surface area contributed by atoms with Crippen molar-refractivity contribution in [3.8, 4) is 17.4 Å². The first-order valence-electron chi connectivity index (χ1n) is 8.19. The molecule has 9 nitrogen and oxygen atoms in total. The van der Waals surface area contributed by atoms with Crippen molar-refractivity contribution in [1.29, 1.82) is 0 Å². The Bertz CT molecular complexity index is 1100. The van der Waals surface area contributed by atoms with Gasteiger partial charge in [-0.05, 0) is 30.3 Å². The van der Waals surface area contributed by atoms with Gasteiger partial charge in [0.25, 0.3) is 0 Å². The molecule has 0 bridgehead atoms. The maximum absolute atomic E-state index is 12.6. The van der Waals surface area contributed by atoms with Gasteiger partial charge in [-0.1, -0.05) is 5.16 Å². The number of aromatic nitrogens is 4. The molecule has 1 fully saturated rings. The van der Waals surface area contributed by atoms with Gasteiger partial charge in [0, 0.05) is 25.5 Å². The van der Waals surface area contributed by atoms with Crippen LogP contribution in [0.1, 0.15) is 11.8 Å². The Morgan fingerprint density at radius 2 is 1.72 bits per heavy atom. The Balaban J connectivity index is 1.42. The first-order valence-corrected chi connectivity index (χ1v) is 9.63. The molecule has 1 aromatic carbocycles. The number of halogens is 3. The first-order chi connectivity index (χ1) is 13.7. The van der Waals surface area contributed by atoms with Crippen molar-refractivity contribution in [1.82, 2.24) is 24.4 Å². The number of sulfonamides is 1. The Morgan fingerprint density at radius 1 is 1.07 bits per heavy atom. The highest BCUT2D eigenvalue weighted by Crippen LogP contribution is 2.32. The summed E-state index contributed by atoms with van der Waals surface area (Å²) in [6.07, 6.45) is -1.79. The van der Waals surface area contributed by atoms with Crippen molar-refractivity contribution >= 4 is 10.0 Å². The molecule has 152 valence electrons. The summed E-state index contributed by atoms with van der Waals surface area (Å²) in [5.41, 5.74) is 0. The summed E-state index contributed by atoms with van der Waals surface area (Å²) in [6.45, 7) is 0.195. The average Bonchev–Trinajstić information content (AvgIpc) is 3.10. The molecule has 3 aromatic rings. The Labute approximate surface area is 162 Å². The van der Waals surface area contributed by atoms with Crippen LogP contribution in [0, 0.1) is 0 Å². The van der Waals surface area contributed by atoms with Crippen LogP contribution in [0.3, 0.4) is 0 Å². The molecule has 0 atom stereocenters. The molecule has 0 amide bonds. The molecule has 13 heteroatoms. The highest BCUT2D eigenvalue weighted by molar-refractivity contribution is 7.89. The van der Waals surface area contributed by atoms with Crippen LogP contribution in [0.15, 0.2) is 52.1 Å². The maximum atomic E-state index is 12.6. The van der Waals surface area contributed by atoms with E-state index in [9.17, 15) is 21.6 Å². The van der Waals surface area contributed by atoms with Crippen LogP contribution in [0.5, 0.6) is 5.75 Å². The number of benzene rings is 1. The van der Waals surface area contributed by atoms with E-state index in [-0.39, 0.29) is 41.4 Å². The lowest BCUT2D eigenvalue weighted by Crippen LogP contribution is -2.48. The van der Waals surface area contributed by atoms with E-state index in [2.05, 4.69) is 24.8 Å². The van der Waals surface area contributed by atoms with Gasteiger partial charge in [-0.25, -0.2) is 18.4 Å². The highest BCUT2D eigenvalue weighted by atomic mass is 32.2. The molecule has 0 unspecified atom stereocenters. The molecular formula is C16H12F3N5O4S. The fourth-order valence-corrected chi connectivity index (χ4v) is 4.19. The minimum atomic E-state index is -4.85. The number of ether oxygens (including phenoxy) is 1. The number of alkyl halides is 3. The van der Waals surface area contributed by atoms with Crippen molar-refractivity contribution < 1.29 is 30.8 Å². The van der Waals surface area contributed by atoms with E-state index < -0.39 is 22.1 Å². The third-order valence-electron chi connectivity index (χ3n) is 4.10. The minimum absolute atomic E-state index is 0.0976. The molecule has 2 aromatic heterocycles. The van der Waals surface area contributed by atoms with Crippen LogP contribution in [0.25, 0.3) is 11.6 Å². The van der Waals surface area contributed by atoms with Crippen LogP contribution in [-0.4, -0.2) is 52.3 Å².